The van der Waals surface area contributed by atoms with Crippen molar-refractivity contribution in [2.24, 2.45) is 5.10 Å². The predicted octanol–water partition coefficient (Wildman–Crippen LogP) is 3.52. The quantitative estimate of drug-likeness (QED) is 0.483. The average molecular weight is 400 g/mol. The van der Waals surface area contributed by atoms with Crippen molar-refractivity contribution in [3.63, 3.8) is 0 Å². The first-order valence-electron chi connectivity index (χ1n) is 8.28. The van der Waals surface area contributed by atoms with Crippen molar-refractivity contribution in [2.75, 3.05) is 28.4 Å². The number of para-hydroxylation sites is 1. The summed E-state index contributed by atoms with van der Waals surface area (Å²) in [5.74, 6) is 2.95. The zero-order valence-corrected chi connectivity index (χ0v) is 16.7. The van der Waals surface area contributed by atoms with Crippen LogP contribution in [0.4, 0.5) is 0 Å². The second-order valence-electron chi connectivity index (χ2n) is 5.56. The molecule has 3 rings (SSSR count). The fraction of sp³-hybridized carbons (Fsp3) is 0.211. The molecule has 0 atom stereocenters. The van der Waals surface area contributed by atoms with Crippen molar-refractivity contribution < 1.29 is 18.9 Å². The highest BCUT2D eigenvalue weighted by atomic mass is 32.1. The molecule has 0 amide bonds. The summed E-state index contributed by atoms with van der Waals surface area (Å²) in [6, 6.07) is 10.9. The van der Waals surface area contributed by atoms with Gasteiger partial charge in [0.05, 0.1) is 40.2 Å². The van der Waals surface area contributed by atoms with E-state index >= 15 is 0 Å². The fourth-order valence-electron chi connectivity index (χ4n) is 2.69. The van der Waals surface area contributed by atoms with E-state index in [1.54, 1.807) is 40.7 Å². The van der Waals surface area contributed by atoms with Crippen LogP contribution in [0.1, 0.15) is 5.56 Å². The Labute approximate surface area is 167 Å². The number of benzene rings is 2. The Morgan fingerprint density at radius 1 is 1.00 bits per heavy atom. The number of rotatable bonds is 7. The molecule has 2 aromatic carbocycles. The summed E-state index contributed by atoms with van der Waals surface area (Å²) < 4.78 is 23.3. The lowest BCUT2D eigenvalue weighted by atomic mass is 10.2. The Hall–Kier alpha value is -3.33. The highest BCUT2D eigenvalue weighted by Crippen LogP contribution is 2.33. The van der Waals surface area contributed by atoms with Crippen LogP contribution >= 0.6 is 12.2 Å². The van der Waals surface area contributed by atoms with Gasteiger partial charge in [0, 0.05) is 11.6 Å². The van der Waals surface area contributed by atoms with Crippen LogP contribution in [0, 0.1) is 4.77 Å². The topological polar surface area (TPSA) is 82.9 Å². The van der Waals surface area contributed by atoms with Gasteiger partial charge in [0.25, 0.3) is 0 Å². The first-order valence-corrected chi connectivity index (χ1v) is 8.69. The molecule has 28 heavy (non-hydrogen) atoms. The number of aromatic amines is 1. The summed E-state index contributed by atoms with van der Waals surface area (Å²) in [7, 11) is 6.33. The third kappa shape index (κ3) is 3.70. The predicted molar refractivity (Wildman–Crippen MR) is 108 cm³/mol. The molecule has 1 heterocycles. The Balaban J connectivity index is 2.06. The molecule has 8 nitrogen and oxygen atoms in total. The number of nitrogens with one attached hydrogen (secondary N) is 1. The average Bonchev–Trinajstić information content (AvgIpc) is 3.11. The zero-order valence-electron chi connectivity index (χ0n) is 15.9. The molecular weight excluding hydrogens is 380 g/mol. The summed E-state index contributed by atoms with van der Waals surface area (Å²) in [5, 5.41) is 11.5. The second kappa shape index (κ2) is 8.57. The highest BCUT2D eigenvalue weighted by Gasteiger charge is 2.15. The van der Waals surface area contributed by atoms with E-state index in [0.29, 0.717) is 39.2 Å². The van der Waals surface area contributed by atoms with Gasteiger partial charge in [0.1, 0.15) is 11.5 Å². The normalized spacial score (nSPS) is 10.9. The van der Waals surface area contributed by atoms with Gasteiger partial charge in [0.2, 0.25) is 4.77 Å². The number of aromatic nitrogens is 3. The molecule has 0 spiro atoms. The van der Waals surface area contributed by atoms with Crippen LogP contribution in [0.2, 0.25) is 0 Å². The molecule has 146 valence electrons. The molecule has 9 heteroatoms. The van der Waals surface area contributed by atoms with E-state index in [2.05, 4.69) is 15.3 Å². The smallest absolute Gasteiger partial charge is 0.216 e. The molecule has 1 aromatic heterocycles. The maximum absolute atomic E-state index is 5.47. The molecule has 0 radical (unpaired) electrons. The van der Waals surface area contributed by atoms with Gasteiger partial charge in [-0.3, -0.25) is 0 Å². The van der Waals surface area contributed by atoms with Gasteiger partial charge >= 0.3 is 0 Å². The van der Waals surface area contributed by atoms with Crippen LogP contribution in [0.3, 0.4) is 0 Å². The fourth-order valence-corrected chi connectivity index (χ4v) is 2.87. The van der Waals surface area contributed by atoms with Crippen molar-refractivity contribution >= 4 is 18.4 Å². The van der Waals surface area contributed by atoms with Crippen molar-refractivity contribution in [3.8, 4) is 34.4 Å². The summed E-state index contributed by atoms with van der Waals surface area (Å²) in [6.45, 7) is 0. The van der Waals surface area contributed by atoms with E-state index in [4.69, 9.17) is 31.2 Å². The van der Waals surface area contributed by atoms with E-state index < -0.39 is 0 Å². The zero-order chi connectivity index (χ0) is 20.1. The number of methoxy groups -OCH3 is 4. The lowest BCUT2D eigenvalue weighted by Gasteiger charge is -2.10. The molecule has 0 fully saturated rings. The number of hydrogen-bond acceptors (Lipinski definition) is 7. The maximum atomic E-state index is 5.47. The molecule has 0 unspecified atom stereocenters. The van der Waals surface area contributed by atoms with Crippen LogP contribution in [0.5, 0.6) is 23.0 Å². The van der Waals surface area contributed by atoms with Gasteiger partial charge in [-0.2, -0.15) is 14.9 Å². The van der Waals surface area contributed by atoms with Crippen LogP contribution in [-0.4, -0.2) is 49.5 Å². The minimum Gasteiger partial charge on any atom is -0.497 e. The molecule has 0 saturated carbocycles. The van der Waals surface area contributed by atoms with Gasteiger partial charge in [0.15, 0.2) is 17.3 Å². The highest BCUT2D eigenvalue weighted by molar-refractivity contribution is 7.71. The number of H-pyrrole nitrogens is 1. The minimum absolute atomic E-state index is 0.339. The first-order chi connectivity index (χ1) is 13.6. The van der Waals surface area contributed by atoms with Crippen LogP contribution < -0.4 is 18.9 Å². The van der Waals surface area contributed by atoms with E-state index in [-0.39, 0.29) is 0 Å². The second-order valence-corrected chi connectivity index (χ2v) is 5.94. The third-order valence-corrected chi connectivity index (χ3v) is 4.31. The van der Waals surface area contributed by atoms with Crippen molar-refractivity contribution in [1.82, 2.24) is 14.9 Å². The molecule has 3 aromatic rings. The van der Waals surface area contributed by atoms with Crippen LogP contribution in [0.15, 0.2) is 41.5 Å². The van der Waals surface area contributed by atoms with Gasteiger partial charge in [-0.25, -0.2) is 5.10 Å². The SMILES string of the molecule is COc1ccc(-c2n[nH]c(=S)n2/N=C\c2cccc(OC)c2OC)c(OC)c1. The molecule has 0 bridgehead atoms. The Morgan fingerprint density at radius 3 is 2.46 bits per heavy atom. The Kier molecular flexibility index (Phi) is 5.95. The largest absolute Gasteiger partial charge is 0.497 e. The minimum atomic E-state index is 0.339. The summed E-state index contributed by atoms with van der Waals surface area (Å²) in [5.41, 5.74) is 1.45. The standard InChI is InChI=1S/C19H20N4O4S/c1-24-13-8-9-14(16(10-13)26-3)18-21-22-19(28)23(18)20-11-12-6-5-7-15(25-2)17(12)27-4/h5-11H,1-4H3,(H,22,28)/b20-11-. The number of ether oxygens (including phenoxy) is 4. The Bertz CT molecular complexity index is 1060. The lowest BCUT2D eigenvalue weighted by Crippen LogP contribution is -1.99. The van der Waals surface area contributed by atoms with Crippen molar-refractivity contribution in [1.29, 1.82) is 0 Å². The lowest BCUT2D eigenvalue weighted by molar-refractivity contribution is 0.354. The van der Waals surface area contributed by atoms with E-state index in [0.717, 1.165) is 5.56 Å². The number of hydrogen-bond donors (Lipinski definition) is 1. The molecule has 0 aliphatic heterocycles. The first kappa shape index (κ1) is 19.4. The monoisotopic (exact) mass is 400 g/mol. The molecule has 1 N–H and O–H groups in total. The van der Waals surface area contributed by atoms with E-state index in [1.165, 1.54) is 4.68 Å². The molecule has 0 aliphatic carbocycles. The van der Waals surface area contributed by atoms with Gasteiger partial charge in [-0.1, -0.05) is 6.07 Å². The summed E-state index contributed by atoms with van der Waals surface area (Å²) >= 11 is 5.34. The van der Waals surface area contributed by atoms with E-state index in [1.807, 2.05) is 30.3 Å². The van der Waals surface area contributed by atoms with Gasteiger partial charge in [-0.15, -0.1) is 0 Å². The van der Waals surface area contributed by atoms with E-state index in [9.17, 15) is 0 Å². The molecular formula is C19H20N4O4S. The Morgan fingerprint density at radius 2 is 1.79 bits per heavy atom. The maximum Gasteiger partial charge on any atom is 0.216 e. The third-order valence-electron chi connectivity index (χ3n) is 4.05. The van der Waals surface area contributed by atoms with Crippen LogP contribution in [-0.2, 0) is 0 Å². The summed E-state index contributed by atoms with van der Waals surface area (Å²) in [6.07, 6.45) is 1.63. The van der Waals surface area contributed by atoms with Crippen LogP contribution in [0.25, 0.3) is 11.4 Å². The summed E-state index contributed by atoms with van der Waals surface area (Å²) in [4.78, 5) is 0. The van der Waals surface area contributed by atoms with Gasteiger partial charge < -0.3 is 18.9 Å². The van der Waals surface area contributed by atoms with Crippen molar-refractivity contribution in [2.45, 2.75) is 0 Å². The number of nitrogens with zero attached hydrogens (tertiary/aromatic N) is 3. The van der Waals surface area contributed by atoms with Gasteiger partial charge in [-0.05, 0) is 36.5 Å². The molecule has 0 saturated heterocycles. The molecule has 0 aliphatic rings. The van der Waals surface area contributed by atoms with Crippen molar-refractivity contribution in [3.05, 3.63) is 46.7 Å².